The highest BCUT2D eigenvalue weighted by Crippen LogP contribution is 2.62. The summed E-state index contributed by atoms with van der Waals surface area (Å²) in [5.74, 6) is 0.178. The van der Waals surface area contributed by atoms with Gasteiger partial charge in [0, 0.05) is 28.9 Å². The standard InChI is InChI=1S/C37H48N4O4S/c1-23-10-8-11-24(2)32(23)31-17-27-14-15-28(20-35(3,4)5)41(29-21-37(22-29)18-26(19-37)36(6,7)43)33(42)25-12-9-13-30(16-25)46(44,45)40-34(38-27)39-31/h8-13,16-17,26,28-29,43H,14-15,18-22H2,1-7H3,(H,38,39,40)/t26?,28-,29?,37?/m0/s1. The Morgan fingerprint density at radius 3 is 2.24 bits per heavy atom. The third-order valence-corrected chi connectivity index (χ3v) is 11.8. The number of aryl methyl sites for hydroxylation is 3. The van der Waals surface area contributed by atoms with Crippen LogP contribution in [0.1, 0.15) is 100 Å². The maximum atomic E-state index is 14.5. The predicted octanol–water partition coefficient (Wildman–Crippen LogP) is 7.08. The second-order valence-electron chi connectivity index (χ2n) is 16.0. The van der Waals surface area contributed by atoms with Gasteiger partial charge in [-0.25, -0.2) is 23.1 Å². The molecule has 1 aromatic heterocycles. The first-order valence-electron chi connectivity index (χ1n) is 16.6. The summed E-state index contributed by atoms with van der Waals surface area (Å²) < 4.78 is 30.0. The zero-order valence-corrected chi connectivity index (χ0v) is 29.0. The quantitative estimate of drug-likeness (QED) is 0.314. The minimum Gasteiger partial charge on any atom is -0.390 e. The van der Waals surface area contributed by atoms with Crippen LogP contribution in [0.25, 0.3) is 11.3 Å². The number of fused-ring (bicyclic) bond motifs is 4. The molecule has 9 heteroatoms. The molecule has 6 rings (SSSR count). The zero-order valence-electron chi connectivity index (χ0n) is 28.2. The van der Waals surface area contributed by atoms with Gasteiger partial charge in [0.2, 0.25) is 5.95 Å². The molecule has 2 fully saturated rings. The summed E-state index contributed by atoms with van der Waals surface area (Å²) in [7, 11) is -4.08. The SMILES string of the molecule is Cc1cccc(C)c1-c1cc2nc(n1)NS(=O)(=O)c1cccc(c1)C(=O)N(C1CC3(C1)CC(C(C)(C)O)C3)[C@H](CC(C)(C)C)CC2. The van der Waals surface area contributed by atoms with E-state index in [1.54, 1.807) is 12.1 Å². The summed E-state index contributed by atoms with van der Waals surface area (Å²) in [6.45, 7) is 14.5. The van der Waals surface area contributed by atoms with Gasteiger partial charge in [0.25, 0.3) is 15.9 Å². The van der Waals surface area contributed by atoms with Gasteiger partial charge >= 0.3 is 0 Å². The van der Waals surface area contributed by atoms with Gasteiger partial charge in [-0.3, -0.25) is 4.79 Å². The van der Waals surface area contributed by atoms with Gasteiger partial charge in [-0.2, -0.15) is 0 Å². The normalized spacial score (nSPS) is 26.2. The number of sulfonamides is 1. The monoisotopic (exact) mass is 644 g/mol. The van der Waals surface area contributed by atoms with Crippen molar-refractivity contribution in [2.45, 2.75) is 116 Å². The lowest BCUT2D eigenvalue weighted by atomic mass is 9.47. The minimum atomic E-state index is -4.08. The predicted molar refractivity (Wildman–Crippen MR) is 181 cm³/mol. The smallest absolute Gasteiger partial charge is 0.264 e. The number of aliphatic hydroxyl groups is 1. The van der Waals surface area contributed by atoms with Crippen molar-refractivity contribution in [1.29, 1.82) is 0 Å². The number of amides is 1. The Bertz CT molecular complexity index is 1740. The number of benzene rings is 2. The molecule has 2 heterocycles. The number of aromatic nitrogens is 2. The average molecular weight is 645 g/mol. The van der Waals surface area contributed by atoms with E-state index in [1.807, 2.05) is 52.0 Å². The first-order valence-corrected chi connectivity index (χ1v) is 18.0. The van der Waals surface area contributed by atoms with Crippen LogP contribution >= 0.6 is 0 Å². The van der Waals surface area contributed by atoms with E-state index in [0.29, 0.717) is 24.1 Å². The van der Waals surface area contributed by atoms with E-state index in [2.05, 4.69) is 30.4 Å². The maximum Gasteiger partial charge on any atom is 0.264 e. The molecular weight excluding hydrogens is 596 g/mol. The van der Waals surface area contributed by atoms with Crippen LogP contribution < -0.4 is 4.72 Å². The largest absolute Gasteiger partial charge is 0.390 e. The molecule has 0 unspecified atom stereocenters. The van der Waals surface area contributed by atoms with E-state index in [9.17, 15) is 18.3 Å². The number of anilines is 1. The summed E-state index contributed by atoms with van der Waals surface area (Å²) in [6, 6.07) is 14.4. The molecule has 2 saturated carbocycles. The molecule has 2 N–H and O–H groups in total. The number of carbonyl (C=O) groups is 1. The zero-order chi connectivity index (χ0) is 33.2. The van der Waals surface area contributed by atoms with Crippen LogP contribution in [0.15, 0.2) is 53.4 Å². The molecule has 1 aliphatic heterocycles. The van der Waals surface area contributed by atoms with Crippen LogP contribution in [0.3, 0.4) is 0 Å². The van der Waals surface area contributed by atoms with Crippen LogP contribution in [-0.2, 0) is 16.4 Å². The van der Waals surface area contributed by atoms with Crippen molar-refractivity contribution in [2.24, 2.45) is 16.7 Å². The summed E-state index contributed by atoms with van der Waals surface area (Å²) in [4.78, 5) is 26.0. The highest BCUT2D eigenvalue weighted by Gasteiger charge is 2.58. The van der Waals surface area contributed by atoms with Crippen molar-refractivity contribution in [3.63, 3.8) is 0 Å². The molecule has 1 atom stereocenters. The molecule has 4 bridgehead atoms. The highest BCUT2D eigenvalue weighted by atomic mass is 32.2. The number of hydrogen-bond acceptors (Lipinski definition) is 6. The Morgan fingerprint density at radius 2 is 1.61 bits per heavy atom. The molecule has 1 spiro atoms. The molecular formula is C37H48N4O4S. The van der Waals surface area contributed by atoms with Crippen molar-refractivity contribution >= 4 is 21.9 Å². The van der Waals surface area contributed by atoms with Crippen LogP contribution in [-0.4, -0.2) is 52.0 Å². The number of nitrogens with one attached hydrogen (secondary N) is 1. The van der Waals surface area contributed by atoms with Crippen LogP contribution in [0.2, 0.25) is 0 Å². The summed E-state index contributed by atoms with van der Waals surface area (Å²) >= 11 is 0. The Kier molecular flexibility index (Phi) is 8.12. The number of nitrogens with zero attached hydrogens (tertiary/aromatic N) is 3. The van der Waals surface area contributed by atoms with Crippen LogP contribution in [0.5, 0.6) is 0 Å². The molecule has 3 aromatic rings. The van der Waals surface area contributed by atoms with Crippen molar-refractivity contribution in [2.75, 3.05) is 4.72 Å². The van der Waals surface area contributed by atoms with E-state index in [0.717, 1.165) is 54.5 Å². The second-order valence-corrected chi connectivity index (χ2v) is 17.6. The van der Waals surface area contributed by atoms with Crippen LogP contribution in [0.4, 0.5) is 5.95 Å². The number of rotatable bonds is 4. The molecule has 2 aliphatic carbocycles. The topological polar surface area (TPSA) is 112 Å². The summed E-state index contributed by atoms with van der Waals surface area (Å²) in [5, 5.41) is 10.6. The Hall–Kier alpha value is -3.30. The van der Waals surface area contributed by atoms with E-state index in [4.69, 9.17) is 9.97 Å². The molecule has 1 amide bonds. The number of hydrogen-bond donors (Lipinski definition) is 2. The summed E-state index contributed by atoms with van der Waals surface area (Å²) in [5.41, 5.74) is 4.27. The average Bonchev–Trinajstić information content (AvgIpc) is 2.89. The fraction of sp³-hybridized carbons (Fsp3) is 0.541. The lowest BCUT2D eigenvalue weighted by Crippen LogP contribution is -2.62. The van der Waals surface area contributed by atoms with Crippen molar-refractivity contribution < 1.29 is 18.3 Å². The molecule has 0 radical (unpaired) electrons. The van der Waals surface area contributed by atoms with Crippen LogP contribution in [0, 0.1) is 30.6 Å². The lowest BCUT2D eigenvalue weighted by molar-refractivity contribution is -0.146. The summed E-state index contributed by atoms with van der Waals surface area (Å²) in [6.07, 6.45) is 5.81. The van der Waals surface area contributed by atoms with Gasteiger partial charge in [-0.15, -0.1) is 0 Å². The van der Waals surface area contributed by atoms with Gasteiger partial charge in [0.1, 0.15) is 0 Å². The van der Waals surface area contributed by atoms with Crippen molar-refractivity contribution in [3.8, 4) is 11.3 Å². The van der Waals surface area contributed by atoms with E-state index >= 15 is 0 Å². The third-order valence-electron chi connectivity index (χ3n) is 10.4. The van der Waals surface area contributed by atoms with Gasteiger partial charge in [-0.1, -0.05) is 45.0 Å². The molecule has 246 valence electrons. The van der Waals surface area contributed by atoms with Gasteiger partial charge in [0.15, 0.2) is 0 Å². The van der Waals surface area contributed by atoms with Gasteiger partial charge < -0.3 is 10.0 Å². The second kappa shape index (κ2) is 11.4. The third kappa shape index (κ3) is 6.45. The fourth-order valence-electron chi connectivity index (χ4n) is 8.09. The molecule has 46 heavy (non-hydrogen) atoms. The van der Waals surface area contributed by atoms with Gasteiger partial charge in [-0.05, 0) is 125 Å². The lowest BCUT2D eigenvalue weighted by Gasteiger charge is -2.63. The van der Waals surface area contributed by atoms with E-state index in [-0.39, 0.29) is 45.6 Å². The fourth-order valence-corrected chi connectivity index (χ4v) is 9.08. The van der Waals surface area contributed by atoms with Crippen molar-refractivity contribution in [3.05, 3.63) is 70.9 Å². The molecule has 2 aromatic carbocycles. The molecule has 8 nitrogen and oxygen atoms in total. The number of carbonyl (C=O) groups excluding carboxylic acids is 1. The van der Waals surface area contributed by atoms with Crippen molar-refractivity contribution in [1.82, 2.24) is 14.9 Å². The molecule has 0 saturated heterocycles. The Morgan fingerprint density at radius 1 is 0.957 bits per heavy atom. The van der Waals surface area contributed by atoms with E-state index < -0.39 is 15.6 Å². The maximum absolute atomic E-state index is 14.5. The Labute approximate surface area is 274 Å². The minimum absolute atomic E-state index is 0.00429. The van der Waals surface area contributed by atoms with E-state index in [1.165, 1.54) is 12.1 Å². The first kappa shape index (κ1) is 32.6. The Balaban J connectivity index is 1.43. The first-order chi connectivity index (χ1) is 21.4. The highest BCUT2D eigenvalue weighted by molar-refractivity contribution is 7.92. The van der Waals surface area contributed by atoms with Gasteiger partial charge in [0.05, 0.1) is 16.2 Å². The molecule has 3 aliphatic rings.